The Bertz CT molecular complexity index is 843. The fraction of sp³-hybridized carbons (Fsp3) is 0. The summed E-state index contributed by atoms with van der Waals surface area (Å²) in [6.07, 6.45) is 1.80. The van der Waals surface area contributed by atoms with Crippen molar-refractivity contribution in [3.8, 4) is 5.75 Å². The van der Waals surface area contributed by atoms with Crippen LogP contribution in [0.5, 0.6) is 5.75 Å². The van der Waals surface area contributed by atoms with Crippen molar-refractivity contribution in [1.82, 2.24) is 4.98 Å². The van der Waals surface area contributed by atoms with Crippen molar-refractivity contribution in [3.63, 3.8) is 0 Å². The Kier molecular flexibility index (Phi) is 3.49. The van der Waals surface area contributed by atoms with E-state index < -0.39 is 0 Å². The van der Waals surface area contributed by atoms with E-state index in [0.29, 0.717) is 10.6 Å². The second-order valence-corrected chi connectivity index (χ2v) is 5.36. The topological polar surface area (TPSA) is 65.1 Å². The molecule has 2 aromatic carbocycles. The summed E-state index contributed by atoms with van der Waals surface area (Å²) in [5.74, 6) is -0.574. The molecule has 3 N–H and O–H groups in total. The van der Waals surface area contributed by atoms with E-state index in [0.717, 1.165) is 10.9 Å². The number of hydrogen-bond donors (Lipinski definition) is 3. The van der Waals surface area contributed by atoms with Crippen LogP contribution in [0.4, 0.5) is 5.69 Å². The molecule has 0 radical (unpaired) electrons. The van der Waals surface area contributed by atoms with E-state index in [-0.39, 0.29) is 22.4 Å². The molecule has 0 aliphatic rings. The number of nitrogens with one attached hydrogen (secondary N) is 2. The smallest absolute Gasteiger partial charge is 0.255 e. The molecule has 0 fully saturated rings. The molecule has 0 atom stereocenters. The standard InChI is InChI=1S/C15H10Cl2N2O2/c16-10-6-11(17)14(20)13(7-10)19-15(21)9-2-1-8-3-4-18-12(8)5-9/h1-7,18,20H,(H,19,21). The van der Waals surface area contributed by atoms with E-state index in [1.54, 1.807) is 18.3 Å². The first kappa shape index (κ1) is 13.8. The molecule has 1 heterocycles. The van der Waals surface area contributed by atoms with Crippen LogP contribution in [0.2, 0.25) is 10.0 Å². The van der Waals surface area contributed by atoms with Gasteiger partial charge in [0.2, 0.25) is 0 Å². The molecule has 6 heteroatoms. The average molecular weight is 321 g/mol. The molecule has 0 aliphatic carbocycles. The highest BCUT2D eigenvalue weighted by Crippen LogP contribution is 2.35. The summed E-state index contributed by atoms with van der Waals surface area (Å²) in [7, 11) is 0. The maximum Gasteiger partial charge on any atom is 0.255 e. The van der Waals surface area contributed by atoms with Gasteiger partial charge >= 0.3 is 0 Å². The normalized spacial score (nSPS) is 10.8. The lowest BCUT2D eigenvalue weighted by Crippen LogP contribution is -2.12. The van der Waals surface area contributed by atoms with Gasteiger partial charge in [0.1, 0.15) is 0 Å². The number of aromatic amines is 1. The Morgan fingerprint density at radius 2 is 1.95 bits per heavy atom. The summed E-state index contributed by atoms with van der Waals surface area (Å²) < 4.78 is 0. The van der Waals surface area contributed by atoms with E-state index in [1.165, 1.54) is 12.1 Å². The quantitative estimate of drug-likeness (QED) is 0.611. The van der Waals surface area contributed by atoms with Gasteiger partial charge in [0, 0.05) is 22.3 Å². The van der Waals surface area contributed by atoms with Crippen molar-refractivity contribution in [2.45, 2.75) is 0 Å². The highest BCUT2D eigenvalue weighted by atomic mass is 35.5. The Hall–Kier alpha value is -2.17. The lowest BCUT2D eigenvalue weighted by molar-refractivity contribution is 0.102. The Labute approximate surface area is 130 Å². The summed E-state index contributed by atoms with van der Waals surface area (Å²) >= 11 is 11.7. The molecule has 0 aliphatic heterocycles. The Morgan fingerprint density at radius 1 is 1.14 bits per heavy atom. The van der Waals surface area contributed by atoms with Gasteiger partial charge in [-0.25, -0.2) is 0 Å². The van der Waals surface area contributed by atoms with Gasteiger partial charge in [-0.05, 0) is 35.7 Å². The van der Waals surface area contributed by atoms with Gasteiger partial charge in [-0.3, -0.25) is 4.79 Å². The monoisotopic (exact) mass is 320 g/mol. The van der Waals surface area contributed by atoms with E-state index in [4.69, 9.17) is 23.2 Å². The maximum atomic E-state index is 12.2. The molecule has 1 aromatic heterocycles. The van der Waals surface area contributed by atoms with Crippen LogP contribution in [0, 0.1) is 0 Å². The molecule has 0 saturated heterocycles. The van der Waals surface area contributed by atoms with Crippen LogP contribution in [-0.4, -0.2) is 16.0 Å². The first-order valence-corrected chi connectivity index (χ1v) is 6.87. The van der Waals surface area contributed by atoms with Gasteiger partial charge in [0.15, 0.2) is 5.75 Å². The van der Waals surface area contributed by atoms with E-state index >= 15 is 0 Å². The van der Waals surface area contributed by atoms with Gasteiger partial charge in [0.05, 0.1) is 10.7 Å². The molecule has 21 heavy (non-hydrogen) atoms. The number of phenolic OH excluding ortho intramolecular Hbond substituents is 1. The zero-order valence-electron chi connectivity index (χ0n) is 10.7. The second kappa shape index (κ2) is 5.31. The van der Waals surface area contributed by atoms with Crippen LogP contribution in [0.15, 0.2) is 42.6 Å². The zero-order valence-corrected chi connectivity index (χ0v) is 12.2. The number of halogens is 2. The molecular weight excluding hydrogens is 311 g/mol. The number of H-pyrrole nitrogens is 1. The minimum Gasteiger partial charge on any atom is -0.504 e. The number of aromatic nitrogens is 1. The number of carbonyl (C=O) groups is 1. The summed E-state index contributed by atoms with van der Waals surface area (Å²) in [5, 5.41) is 13.9. The van der Waals surface area contributed by atoms with Crippen molar-refractivity contribution >= 4 is 45.7 Å². The minimum atomic E-state index is -0.361. The lowest BCUT2D eigenvalue weighted by Gasteiger charge is -2.09. The van der Waals surface area contributed by atoms with Crippen LogP contribution in [-0.2, 0) is 0 Å². The molecule has 4 nitrogen and oxygen atoms in total. The van der Waals surface area contributed by atoms with Gasteiger partial charge in [0.25, 0.3) is 5.91 Å². The zero-order chi connectivity index (χ0) is 15.0. The largest absolute Gasteiger partial charge is 0.504 e. The van der Waals surface area contributed by atoms with Crippen molar-refractivity contribution in [3.05, 3.63) is 58.2 Å². The molecule has 0 bridgehead atoms. The predicted octanol–water partition coefficient (Wildman–Crippen LogP) is 4.43. The number of benzene rings is 2. The third-order valence-electron chi connectivity index (χ3n) is 3.09. The molecule has 1 amide bonds. The van der Waals surface area contributed by atoms with Crippen LogP contribution < -0.4 is 5.32 Å². The van der Waals surface area contributed by atoms with Gasteiger partial charge < -0.3 is 15.4 Å². The molecule has 3 aromatic rings. The highest BCUT2D eigenvalue weighted by Gasteiger charge is 2.13. The van der Waals surface area contributed by atoms with Gasteiger partial charge in [-0.15, -0.1) is 0 Å². The first-order chi connectivity index (χ1) is 10.0. The number of hydrogen-bond acceptors (Lipinski definition) is 2. The molecule has 0 unspecified atom stereocenters. The lowest BCUT2D eigenvalue weighted by atomic mass is 10.1. The number of aromatic hydroxyl groups is 1. The number of fused-ring (bicyclic) bond motifs is 1. The minimum absolute atomic E-state index is 0.0811. The molecular formula is C15H10Cl2N2O2. The molecule has 106 valence electrons. The van der Waals surface area contributed by atoms with Crippen LogP contribution >= 0.6 is 23.2 Å². The maximum absolute atomic E-state index is 12.2. The van der Waals surface area contributed by atoms with E-state index in [1.807, 2.05) is 12.1 Å². The summed E-state index contributed by atoms with van der Waals surface area (Å²) in [6, 6.07) is 10.0. The van der Waals surface area contributed by atoms with E-state index in [9.17, 15) is 9.90 Å². The Morgan fingerprint density at radius 3 is 2.76 bits per heavy atom. The van der Waals surface area contributed by atoms with Crippen molar-refractivity contribution in [1.29, 1.82) is 0 Å². The highest BCUT2D eigenvalue weighted by molar-refractivity contribution is 6.36. The third kappa shape index (κ3) is 2.68. The van der Waals surface area contributed by atoms with Crippen LogP contribution in [0.3, 0.4) is 0 Å². The summed E-state index contributed by atoms with van der Waals surface area (Å²) in [4.78, 5) is 15.3. The second-order valence-electron chi connectivity index (χ2n) is 4.52. The van der Waals surface area contributed by atoms with Gasteiger partial charge in [-0.2, -0.15) is 0 Å². The summed E-state index contributed by atoms with van der Waals surface area (Å²) in [6.45, 7) is 0. The number of amides is 1. The van der Waals surface area contributed by atoms with Crippen molar-refractivity contribution in [2.24, 2.45) is 0 Å². The number of rotatable bonds is 2. The number of anilines is 1. The van der Waals surface area contributed by atoms with Crippen LogP contribution in [0.1, 0.15) is 10.4 Å². The molecule has 0 spiro atoms. The number of phenols is 1. The fourth-order valence-corrected chi connectivity index (χ4v) is 2.54. The molecule has 3 rings (SSSR count). The van der Waals surface area contributed by atoms with Crippen LogP contribution in [0.25, 0.3) is 10.9 Å². The third-order valence-corrected chi connectivity index (χ3v) is 3.60. The van der Waals surface area contributed by atoms with Crippen molar-refractivity contribution < 1.29 is 9.90 Å². The van der Waals surface area contributed by atoms with Crippen molar-refractivity contribution in [2.75, 3.05) is 5.32 Å². The number of carbonyl (C=O) groups excluding carboxylic acids is 1. The molecule has 0 saturated carbocycles. The average Bonchev–Trinajstić information content (AvgIpc) is 2.91. The summed E-state index contributed by atoms with van der Waals surface area (Å²) in [5.41, 5.74) is 1.49. The predicted molar refractivity (Wildman–Crippen MR) is 84.4 cm³/mol. The fourth-order valence-electron chi connectivity index (χ4n) is 2.04. The Balaban J connectivity index is 1.92. The SMILES string of the molecule is O=C(Nc1cc(Cl)cc(Cl)c1O)c1ccc2cc[nH]c2c1. The van der Waals surface area contributed by atoms with E-state index in [2.05, 4.69) is 10.3 Å². The first-order valence-electron chi connectivity index (χ1n) is 6.11. The van der Waals surface area contributed by atoms with Gasteiger partial charge in [-0.1, -0.05) is 29.3 Å².